The Bertz CT molecular complexity index is 1100. The summed E-state index contributed by atoms with van der Waals surface area (Å²) in [6, 6.07) is 3.92. The lowest BCUT2D eigenvalue weighted by Gasteiger charge is -2.39. The molecule has 0 spiro atoms. The van der Waals surface area contributed by atoms with Gasteiger partial charge in [0.2, 0.25) is 5.91 Å². The molecule has 2 aliphatic carbocycles. The largest absolute Gasteiger partial charge is 0.301 e. The molecule has 2 aromatic rings. The standard InChI is InChI=1S/C20H20N6OS/c1-10-11(2)28-17(23-10)26-16(27)20-7-6-19(5,18(20,3)4)14-15(20)25-13(9-22)12(8-21)24-14/h6-7H2,1-5H3,(H,23,26,27). The smallest absolute Gasteiger partial charge is 0.239 e. The van der Waals surface area contributed by atoms with E-state index in [1.165, 1.54) is 11.3 Å². The van der Waals surface area contributed by atoms with Crippen LogP contribution in [0.5, 0.6) is 0 Å². The molecular weight excluding hydrogens is 372 g/mol. The molecule has 2 bridgehead atoms. The van der Waals surface area contributed by atoms with Gasteiger partial charge in [0.05, 0.1) is 22.5 Å². The van der Waals surface area contributed by atoms with Gasteiger partial charge in [0.15, 0.2) is 16.5 Å². The number of hydrogen-bond acceptors (Lipinski definition) is 7. The summed E-state index contributed by atoms with van der Waals surface area (Å²) in [7, 11) is 0. The van der Waals surface area contributed by atoms with E-state index in [-0.39, 0.29) is 17.3 Å². The lowest BCUT2D eigenvalue weighted by atomic mass is 9.63. The monoisotopic (exact) mass is 392 g/mol. The molecule has 4 rings (SSSR count). The third kappa shape index (κ3) is 1.96. The molecule has 1 fully saturated rings. The van der Waals surface area contributed by atoms with Gasteiger partial charge in [-0.2, -0.15) is 10.5 Å². The second kappa shape index (κ2) is 5.59. The average Bonchev–Trinajstić information content (AvgIpc) is 3.13. The van der Waals surface area contributed by atoms with Crippen LogP contribution in [0.2, 0.25) is 0 Å². The first-order chi connectivity index (χ1) is 13.1. The van der Waals surface area contributed by atoms with Gasteiger partial charge in [-0.25, -0.2) is 15.0 Å². The minimum atomic E-state index is -0.919. The van der Waals surface area contributed by atoms with E-state index in [1.807, 2.05) is 26.0 Å². The number of carbonyl (C=O) groups is 1. The van der Waals surface area contributed by atoms with Crippen LogP contribution in [-0.4, -0.2) is 20.9 Å². The van der Waals surface area contributed by atoms with Gasteiger partial charge in [0.1, 0.15) is 12.1 Å². The molecule has 0 aromatic carbocycles. The fraction of sp³-hybridized carbons (Fsp3) is 0.500. The Balaban J connectivity index is 1.91. The molecule has 1 saturated carbocycles. The van der Waals surface area contributed by atoms with Crippen molar-refractivity contribution in [2.75, 3.05) is 5.32 Å². The Morgan fingerprint density at radius 3 is 2.18 bits per heavy atom. The van der Waals surface area contributed by atoms with Crippen molar-refractivity contribution in [3.8, 4) is 12.1 Å². The van der Waals surface area contributed by atoms with E-state index in [1.54, 1.807) is 0 Å². The lowest BCUT2D eigenvalue weighted by Crippen LogP contribution is -2.48. The van der Waals surface area contributed by atoms with Gasteiger partial charge in [0, 0.05) is 10.3 Å². The van der Waals surface area contributed by atoms with Gasteiger partial charge in [-0.15, -0.1) is 11.3 Å². The second-order valence-electron chi connectivity index (χ2n) is 8.32. The highest BCUT2D eigenvalue weighted by Gasteiger charge is 2.73. The normalized spacial score (nSPS) is 26.4. The van der Waals surface area contributed by atoms with Crippen LogP contribution in [0.3, 0.4) is 0 Å². The van der Waals surface area contributed by atoms with Crippen LogP contribution in [0.25, 0.3) is 0 Å². The summed E-state index contributed by atoms with van der Waals surface area (Å²) in [6.07, 6.45) is 1.38. The van der Waals surface area contributed by atoms with Crippen molar-refractivity contribution >= 4 is 22.4 Å². The van der Waals surface area contributed by atoms with Crippen LogP contribution < -0.4 is 5.32 Å². The van der Waals surface area contributed by atoms with Crippen molar-refractivity contribution in [3.63, 3.8) is 0 Å². The highest BCUT2D eigenvalue weighted by Crippen LogP contribution is 2.70. The summed E-state index contributed by atoms with van der Waals surface area (Å²) in [5.41, 5.74) is 0.289. The number of nitrogens with one attached hydrogen (secondary N) is 1. The maximum Gasteiger partial charge on any atom is 0.239 e. The summed E-state index contributed by atoms with van der Waals surface area (Å²) >= 11 is 1.44. The predicted octanol–water partition coefficient (Wildman–Crippen LogP) is 3.26. The Morgan fingerprint density at radius 1 is 1.04 bits per heavy atom. The molecule has 0 radical (unpaired) electrons. The van der Waals surface area contributed by atoms with E-state index in [4.69, 9.17) is 0 Å². The van der Waals surface area contributed by atoms with E-state index < -0.39 is 16.2 Å². The fourth-order valence-electron chi connectivity index (χ4n) is 4.87. The van der Waals surface area contributed by atoms with Crippen LogP contribution in [0, 0.1) is 41.9 Å². The van der Waals surface area contributed by atoms with E-state index >= 15 is 0 Å². The second-order valence-corrected chi connectivity index (χ2v) is 9.52. The molecule has 1 amide bonds. The number of carbonyl (C=O) groups excluding carboxylic acids is 1. The van der Waals surface area contributed by atoms with Gasteiger partial charge in [-0.05, 0) is 32.1 Å². The molecule has 2 atom stereocenters. The van der Waals surface area contributed by atoms with Crippen LogP contribution in [0.1, 0.15) is 67.0 Å². The van der Waals surface area contributed by atoms with Crippen LogP contribution in [0.15, 0.2) is 0 Å². The minimum absolute atomic E-state index is 0.0209. The molecule has 2 heterocycles. The molecule has 7 nitrogen and oxygen atoms in total. The lowest BCUT2D eigenvalue weighted by molar-refractivity contribution is -0.125. The molecule has 142 valence electrons. The van der Waals surface area contributed by atoms with Gasteiger partial charge in [0.25, 0.3) is 0 Å². The summed E-state index contributed by atoms with van der Waals surface area (Å²) in [5.74, 6) is -0.170. The first-order valence-electron chi connectivity index (χ1n) is 9.11. The molecule has 8 heteroatoms. The Labute approximate surface area is 167 Å². The number of aryl methyl sites for hydroxylation is 2. The molecule has 2 aromatic heterocycles. The number of rotatable bonds is 2. The third-order valence-electron chi connectivity index (χ3n) is 7.12. The van der Waals surface area contributed by atoms with E-state index in [9.17, 15) is 15.3 Å². The Hall–Kier alpha value is -2.84. The maximum atomic E-state index is 13.6. The van der Waals surface area contributed by atoms with Gasteiger partial charge in [-0.3, -0.25) is 4.79 Å². The van der Waals surface area contributed by atoms with E-state index in [2.05, 4.69) is 41.0 Å². The minimum Gasteiger partial charge on any atom is -0.301 e. The van der Waals surface area contributed by atoms with Crippen molar-refractivity contribution < 1.29 is 4.79 Å². The SMILES string of the molecule is Cc1nc(NC(=O)C23CCC(C)(c4nc(C#N)c(C#N)nc42)C3(C)C)sc1C. The number of hydrogen-bond donors (Lipinski definition) is 1. The number of amides is 1. The molecule has 28 heavy (non-hydrogen) atoms. The zero-order valence-electron chi connectivity index (χ0n) is 16.5. The van der Waals surface area contributed by atoms with Crippen molar-refractivity contribution in [1.82, 2.24) is 15.0 Å². The third-order valence-corrected chi connectivity index (χ3v) is 8.11. The van der Waals surface area contributed by atoms with Gasteiger partial charge >= 0.3 is 0 Å². The number of anilines is 1. The highest BCUT2D eigenvalue weighted by atomic mass is 32.1. The van der Waals surface area contributed by atoms with E-state index in [0.29, 0.717) is 22.9 Å². The Kier molecular flexibility index (Phi) is 3.70. The van der Waals surface area contributed by atoms with Crippen LogP contribution >= 0.6 is 11.3 Å². The summed E-state index contributed by atoms with van der Waals surface area (Å²) in [4.78, 5) is 28.1. The number of fused-ring (bicyclic) bond motifs is 5. The van der Waals surface area contributed by atoms with Crippen molar-refractivity contribution in [3.05, 3.63) is 33.3 Å². The van der Waals surface area contributed by atoms with Crippen LogP contribution in [0.4, 0.5) is 5.13 Å². The Morgan fingerprint density at radius 2 is 1.64 bits per heavy atom. The number of aromatic nitrogens is 3. The van der Waals surface area contributed by atoms with E-state index in [0.717, 1.165) is 17.0 Å². The first-order valence-corrected chi connectivity index (χ1v) is 9.92. The molecule has 2 unspecified atom stereocenters. The van der Waals surface area contributed by atoms with Crippen molar-refractivity contribution in [2.24, 2.45) is 5.41 Å². The fourth-order valence-corrected chi connectivity index (χ4v) is 5.68. The molecule has 2 aliphatic rings. The summed E-state index contributed by atoms with van der Waals surface area (Å²) in [6.45, 7) is 10.1. The van der Waals surface area contributed by atoms with Gasteiger partial charge < -0.3 is 5.32 Å². The van der Waals surface area contributed by atoms with Gasteiger partial charge in [-0.1, -0.05) is 20.8 Å². The molecule has 0 saturated heterocycles. The zero-order valence-corrected chi connectivity index (χ0v) is 17.3. The molecule has 0 aliphatic heterocycles. The molecule has 1 N–H and O–H groups in total. The first kappa shape index (κ1) is 18.5. The summed E-state index contributed by atoms with van der Waals surface area (Å²) in [5, 5.41) is 22.4. The zero-order chi connectivity index (χ0) is 20.5. The predicted molar refractivity (Wildman–Crippen MR) is 104 cm³/mol. The molecular formula is C20H20N6OS. The van der Waals surface area contributed by atoms with Crippen molar-refractivity contribution in [2.45, 2.75) is 58.3 Å². The number of nitriles is 2. The summed E-state index contributed by atoms with van der Waals surface area (Å²) < 4.78 is 0. The highest BCUT2D eigenvalue weighted by molar-refractivity contribution is 7.15. The number of thiazole rings is 1. The number of nitrogens with zero attached hydrogens (tertiary/aromatic N) is 5. The van der Waals surface area contributed by atoms with Crippen molar-refractivity contribution in [1.29, 1.82) is 10.5 Å². The average molecular weight is 392 g/mol. The topological polar surface area (TPSA) is 115 Å². The maximum absolute atomic E-state index is 13.6. The van der Waals surface area contributed by atoms with Crippen LogP contribution in [-0.2, 0) is 15.6 Å². The quantitative estimate of drug-likeness (QED) is 0.839.